The Morgan fingerprint density at radius 1 is 1.39 bits per heavy atom. The van der Waals surface area contributed by atoms with E-state index in [1.54, 1.807) is 0 Å². The van der Waals surface area contributed by atoms with Gasteiger partial charge in [0.05, 0.1) is 12.5 Å². The van der Waals surface area contributed by atoms with Gasteiger partial charge in [-0.05, 0) is 30.9 Å². The van der Waals surface area contributed by atoms with E-state index in [1.807, 2.05) is 45.9 Å². The van der Waals surface area contributed by atoms with Crippen LogP contribution < -0.4 is 5.32 Å². The molecule has 0 aromatic heterocycles. The minimum Gasteiger partial charge on any atom is -0.340 e. The van der Waals surface area contributed by atoms with Gasteiger partial charge in [0.25, 0.3) is 0 Å². The molecule has 96 valence electrons. The van der Waals surface area contributed by atoms with Crippen molar-refractivity contribution in [1.29, 1.82) is 5.26 Å². The largest absolute Gasteiger partial charge is 0.340 e. The van der Waals surface area contributed by atoms with E-state index in [0.717, 1.165) is 16.7 Å². The van der Waals surface area contributed by atoms with E-state index < -0.39 is 6.04 Å². The first-order valence-electron chi connectivity index (χ1n) is 6.19. The van der Waals surface area contributed by atoms with Gasteiger partial charge >= 0.3 is 0 Å². The van der Waals surface area contributed by atoms with Crippen LogP contribution in [0.15, 0.2) is 18.2 Å². The number of aryl methyl sites for hydroxylation is 2. The third-order valence-corrected chi connectivity index (χ3v) is 2.98. The molecule has 0 saturated carbocycles. The molecule has 3 heteroatoms. The van der Waals surface area contributed by atoms with Gasteiger partial charge in [-0.1, -0.05) is 37.6 Å². The molecule has 1 aromatic rings. The maximum atomic E-state index is 11.9. The second-order valence-corrected chi connectivity index (χ2v) is 5.03. The lowest BCUT2D eigenvalue weighted by Gasteiger charge is -2.15. The van der Waals surface area contributed by atoms with Crippen LogP contribution in [-0.2, 0) is 11.2 Å². The summed E-state index contributed by atoms with van der Waals surface area (Å²) in [5.74, 6) is 0.0292. The Balaban J connectivity index is 2.71. The van der Waals surface area contributed by atoms with E-state index in [9.17, 15) is 4.79 Å². The van der Waals surface area contributed by atoms with Gasteiger partial charge in [-0.3, -0.25) is 4.79 Å². The Kier molecular flexibility index (Phi) is 4.91. The highest BCUT2D eigenvalue weighted by Gasteiger charge is 2.15. The fourth-order valence-corrected chi connectivity index (χ4v) is 1.74. The molecule has 1 aromatic carbocycles. The molecule has 0 aliphatic heterocycles. The number of amides is 1. The highest BCUT2D eigenvalue weighted by Crippen LogP contribution is 2.11. The normalized spacial score (nSPS) is 12.0. The molecule has 0 aliphatic rings. The molecule has 0 saturated heterocycles. The number of nitrogens with zero attached hydrogens (tertiary/aromatic N) is 1. The van der Waals surface area contributed by atoms with Gasteiger partial charge in [0.1, 0.15) is 6.04 Å². The predicted octanol–water partition coefficient (Wildman–Crippen LogP) is 2.51. The molecular formula is C15H20N2O. The Morgan fingerprint density at radius 2 is 2.06 bits per heavy atom. The maximum absolute atomic E-state index is 11.9. The van der Waals surface area contributed by atoms with Crippen LogP contribution >= 0.6 is 0 Å². The molecule has 1 unspecified atom stereocenters. The third kappa shape index (κ3) is 3.89. The topological polar surface area (TPSA) is 52.9 Å². The van der Waals surface area contributed by atoms with Crippen LogP contribution in [0.25, 0.3) is 0 Å². The maximum Gasteiger partial charge on any atom is 0.225 e. The number of rotatable bonds is 4. The third-order valence-electron chi connectivity index (χ3n) is 2.98. The van der Waals surface area contributed by atoms with Crippen molar-refractivity contribution in [2.24, 2.45) is 5.92 Å². The predicted molar refractivity (Wildman–Crippen MR) is 72.0 cm³/mol. The first-order chi connectivity index (χ1) is 8.43. The number of carbonyl (C=O) groups excluding carboxylic acids is 1. The van der Waals surface area contributed by atoms with Crippen LogP contribution in [0, 0.1) is 31.1 Å². The second-order valence-electron chi connectivity index (χ2n) is 5.03. The molecule has 0 spiro atoms. The van der Waals surface area contributed by atoms with Crippen molar-refractivity contribution in [2.75, 3.05) is 0 Å². The number of carbonyl (C=O) groups is 1. The summed E-state index contributed by atoms with van der Waals surface area (Å²) in [4.78, 5) is 11.9. The second kappa shape index (κ2) is 6.20. The Morgan fingerprint density at radius 3 is 2.61 bits per heavy atom. The molecule has 1 rings (SSSR count). The number of hydrogen-bond donors (Lipinski definition) is 1. The zero-order chi connectivity index (χ0) is 13.7. The summed E-state index contributed by atoms with van der Waals surface area (Å²) in [6, 6.07) is 7.76. The van der Waals surface area contributed by atoms with Gasteiger partial charge in [-0.25, -0.2) is 0 Å². The fraction of sp³-hybridized carbons (Fsp3) is 0.467. The number of nitrogens with one attached hydrogen (secondary N) is 1. The van der Waals surface area contributed by atoms with Gasteiger partial charge in [0.2, 0.25) is 5.91 Å². The molecule has 0 radical (unpaired) electrons. The van der Waals surface area contributed by atoms with Crippen molar-refractivity contribution in [3.05, 3.63) is 34.9 Å². The molecule has 1 N–H and O–H groups in total. The fourth-order valence-electron chi connectivity index (χ4n) is 1.74. The Labute approximate surface area is 109 Å². The zero-order valence-corrected chi connectivity index (χ0v) is 11.4. The van der Waals surface area contributed by atoms with Crippen molar-refractivity contribution in [2.45, 2.75) is 40.2 Å². The van der Waals surface area contributed by atoms with Crippen LogP contribution in [-0.4, -0.2) is 11.9 Å². The van der Waals surface area contributed by atoms with Crippen molar-refractivity contribution in [3.63, 3.8) is 0 Å². The molecule has 0 fully saturated rings. The standard InChI is InChI=1S/C15H20N2O/c1-10(2)14(9-16)17-15(18)8-13-7-11(3)5-6-12(13)4/h5-7,10,14H,8H2,1-4H3,(H,17,18). The van der Waals surface area contributed by atoms with Gasteiger partial charge in [0.15, 0.2) is 0 Å². The lowest BCUT2D eigenvalue weighted by Crippen LogP contribution is -2.38. The van der Waals surface area contributed by atoms with Gasteiger partial charge in [0, 0.05) is 0 Å². The summed E-state index contributed by atoms with van der Waals surface area (Å²) in [5, 5.41) is 11.7. The van der Waals surface area contributed by atoms with E-state index >= 15 is 0 Å². The number of nitriles is 1. The summed E-state index contributed by atoms with van der Waals surface area (Å²) >= 11 is 0. The molecule has 0 aliphatic carbocycles. The van der Waals surface area contributed by atoms with E-state index in [4.69, 9.17) is 5.26 Å². The van der Waals surface area contributed by atoms with E-state index in [1.165, 1.54) is 0 Å². The number of hydrogen-bond acceptors (Lipinski definition) is 2. The number of benzene rings is 1. The smallest absolute Gasteiger partial charge is 0.225 e. The van der Waals surface area contributed by atoms with Gasteiger partial charge in [-0.15, -0.1) is 0 Å². The summed E-state index contributed by atoms with van der Waals surface area (Å²) in [6.07, 6.45) is 0.332. The molecule has 1 amide bonds. The summed E-state index contributed by atoms with van der Waals surface area (Å²) in [5.41, 5.74) is 3.27. The lowest BCUT2D eigenvalue weighted by molar-refractivity contribution is -0.121. The lowest BCUT2D eigenvalue weighted by atomic mass is 10.0. The average Bonchev–Trinajstić information content (AvgIpc) is 2.30. The Hall–Kier alpha value is -1.82. The zero-order valence-electron chi connectivity index (χ0n) is 11.4. The van der Waals surface area contributed by atoms with Gasteiger partial charge in [-0.2, -0.15) is 5.26 Å². The van der Waals surface area contributed by atoms with Gasteiger partial charge < -0.3 is 5.32 Å². The van der Waals surface area contributed by atoms with Crippen LogP contribution in [0.5, 0.6) is 0 Å². The summed E-state index contributed by atoms with van der Waals surface area (Å²) in [6.45, 7) is 7.84. The van der Waals surface area contributed by atoms with Crippen LogP contribution in [0.2, 0.25) is 0 Å². The monoisotopic (exact) mass is 244 g/mol. The van der Waals surface area contributed by atoms with Crippen molar-refractivity contribution in [3.8, 4) is 6.07 Å². The van der Waals surface area contributed by atoms with Crippen molar-refractivity contribution in [1.82, 2.24) is 5.32 Å². The Bertz CT molecular complexity index is 472. The molecule has 18 heavy (non-hydrogen) atoms. The minimum absolute atomic E-state index is 0.0936. The quantitative estimate of drug-likeness (QED) is 0.884. The van der Waals surface area contributed by atoms with Crippen molar-refractivity contribution >= 4 is 5.91 Å². The minimum atomic E-state index is -0.414. The molecule has 0 bridgehead atoms. The van der Waals surface area contributed by atoms with E-state index in [0.29, 0.717) is 6.42 Å². The highest BCUT2D eigenvalue weighted by atomic mass is 16.1. The molecule has 1 atom stereocenters. The average molecular weight is 244 g/mol. The summed E-state index contributed by atoms with van der Waals surface area (Å²) < 4.78 is 0. The van der Waals surface area contributed by atoms with Crippen LogP contribution in [0.3, 0.4) is 0 Å². The van der Waals surface area contributed by atoms with Crippen molar-refractivity contribution < 1.29 is 4.79 Å². The molecule has 3 nitrogen and oxygen atoms in total. The molecule has 0 heterocycles. The first kappa shape index (κ1) is 14.2. The SMILES string of the molecule is Cc1ccc(C)c(CC(=O)NC(C#N)C(C)C)c1. The van der Waals surface area contributed by atoms with E-state index in [2.05, 4.69) is 11.4 Å². The summed E-state index contributed by atoms with van der Waals surface area (Å²) in [7, 11) is 0. The van der Waals surface area contributed by atoms with Crippen LogP contribution in [0.1, 0.15) is 30.5 Å². The molecular weight excluding hydrogens is 224 g/mol. The van der Waals surface area contributed by atoms with Crippen LogP contribution in [0.4, 0.5) is 0 Å². The highest BCUT2D eigenvalue weighted by molar-refractivity contribution is 5.79. The van der Waals surface area contributed by atoms with E-state index in [-0.39, 0.29) is 11.8 Å². The first-order valence-corrected chi connectivity index (χ1v) is 6.19.